The van der Waals surface area contributed by atoms with E-state index in [-0.39, 0.29) is 5.91 Å². The fourth-order valence-electron chi connectivity index (χ4n) is 2.45. The van der Waals surface area contributed by atoms with Crippen molar-refractivity contribution in [3.63, 3.8) is 0 Å². The second-order valence-electron chi connectivity index (χ2n) is 5.70. The van der Waals surface area contributed by atoms with Gasteiger partial charge in [0.1, 0.15) is 5.52 Å². The third kappa shape index (κ3) is 3.85. The topological polar surface area (TPSA) is 81.4 Å². The molecule has 0 fully saturated rings. The Bertz CT molecular complexity index is 916. The van der Waals surface area contributed by atoms with Crippen molar-refractivity contribution < 1.29 is 18.7 Å². The molecule has 0 bridgehead atoms. The largest absolute Gasteiger partial charge is 0.449 e. The van der Waals surface area contributed by atoms with Crippen LogP contribution in [0.15, 0.2) is 53.3 Å². The van der Waals surface area contributed by atoms with Crippen LogP contribution in [0.4, 0.5) is 5.69 Å². The number of hydrogen-bond donors (Lipinski definition) is 1. The van der Waals surface area contributed by atoms with E-state index < -0.39 is 12.1 Å². The number of hydrogen-bond acceptors (Lipinski definition) is 5. The summed E-state index contributed by atoms with van der Waals surface area (Å²) in [6, 6.07) is 12.2. The number of benzene rings is 2. The molecule has 1 N–H and O–H groups in total. The number of oxazole rings is 1. The Labute approximate surface area is 144 Å². The first kappa shape index (κ1) is 16.7. The maximum Gasteiger partial charge on any atom is 0.338 e. The van der Waals surface area contributed by atoms with Gasteiger partial charge in [0, 0.05) is 5.69 Å². The van der Waals surface area contributed by atoms with E-state index in [1.165, 1.54) is 6.39 Å². The summed E-state index contributed by atoms with van der Waals surface area (Å²) in [5, 5.41) is 2.77. The highest BCUT2D eigenvalue weighted by molar-refractivity contribution is 5.98. The van der Waals surface area contributed by atoms with Crippen LogP contribution in [0.2, 0.25) is 0 Å². The summed E-state index contributed by atoms with van der Waals surface area (Å²) in [7, 11) is 0. The number of esters is 1. The van der Waals surface area contributed by atoms with Gasteiger partial charge in [-0.1, -0.05) is 19.1 Å². The van der Waals surface area contributed by atoms with Crippen molar-refractivity contribution in [2.24, 2.45) is 0 Å². The summed E-state index contributed by atoms with van der Waals surface area (Å²) >= 11 is 0. The van der Waals surface area contributed by atoms with Crippen LogP contribution in [0.3, 0.4) is 0 Å². The summed E-state index contributed by atoms with van der Waals surface area (Å²) in [6.07, 6.45) is 0.806. The molecule has 6 nitrogen and oxygen atoms in total. The Morgan fingerprint density at radius 3 is 2.84 bits per heavy atom. The molecule has 2 aromatic carbocycles. The van der Waals surface area contributed by atoms with Gasteiger partial charge in [0.05, 0.1) is 5.56 Å². The van der Waals surface area contributed by atoms with Crippen molar-refractivity contribution in [3.05, 3.63) is 60.0 Å². The Hall–Kier alpha value is -3.15. The van der Waals surface area contributed by atoms with Crippen LogP contribution in [-0.2, 0) is 9.53 Å². The summed E-state index contributed by atoms with van der Waals surface area (Å²) in [6.45, 7) is 3.72. The van der Waals surface area contributed by atoms with Gasteiger partial charge in [-0.25, -0.2) is 9.78 Å². The van der Waals surface area contributed by atoms with Gasteiger partial charge in [-0.05, 0) is 49.2 Å². The van der Waals surface area contributed by atoms with Crippen LogP contribution < -0.4 is 5.32 Å². The van der Waals surface area contributed by atoms with Crippen LogP contribution in [0, 0.1) is 6.92 Å². The lowest BCUT2D eigenvalue weighted by Gasteiger charge is -2.16. The first-order valence-corrected chi connectivity index (χ1v) is 7.98. The van der Waals surface area contributed by atoms with Crippen LogP contribution in [0.5, 0.6) is 0 Å². The zero-order chi connectivity index (χ0) is 17.8. The van der Waals surface area contributed by atoms with Crippen LogP contribution in [0.1, 0.15) is 29.3 Å². The van der Waals surface area contributed by atoms with Crippen LogP contribution in [-0.4, -0.2) is 23.0 Å². The lowest BCUT2D eigenvalue weighted by molar-refractivity contribution is -0.124. The van der Waals surface area contributed by atoms with E-state index in [4.69, 9.17) is 9.15 Å². The number of fused-ring (bicyclic) bond motifs is 1. The number of aryl methyl sites for hydroxylation is 1. The fourth-order valence-corrected chi connectivity index (χ4v) is 2.45. The van der Waals surface area contributed by atoms with Crippen molar-refractivity contribution >= 4 is 28.7 Å². The van der Waals surface area contributed by atoms with Gasteiger partial charge in [-0.2, -0.15) is 0 Å². The molecule has 1 unspecified atom stereocenters. The molecule has 1 atom stereocenters. The van der Waals surface area contributed by atoms with E-state index >= 15 is 0 Å². The van der Waals surface area contributed by atoms with Gasteiger partial charge in [0.15, 0.2) is 18.1 Å². The molecule has 0 spiro atoms. The molecule has 25 heavy (non-hydrogen) atoms. The zero-order valence-electron chi connectivity index (χ0n) is 14.0. The van der Waals surface area contributed by atoms with Gasteiger partial charge >= 0.3 is 5.97 Å². The van der Waals surface area contributed by atoms with Gasteiger partial charge in [0.2, 0.25) is 0 Å². The minimum absolute atomic E-state index is 0.322. The Morgan fingerprint density at radius 1 is 1.24 bits per heavy atom. The smallest absolute Gasteiger partial charge is 0.338 e. The van der Waals surface area contributed by atoms with E-state index in [1.54, 1.807) is 31.2 Å². The Kier molecular flexibility index (Phi) is 4.79. The number of nitrogens with one attached hydrogen (secondary N) is 1. The molecule has 3 aromatic rings. The molecule has 6 heteroatoms. The van der Waals surface area contributed by atoms with E-state index in [1.807, 2.05) is 25.1 Å². The van der Waals surface area contributed by atoms with Gasteiger partial charge in [-0.15, -0.1) is 0 Å². The minimum atomic E-state index is -0.874. The highest BCUT2D eigenvalue weighted by Gasteiger charge is 2.22. The van der Waals surface area contributed by atoms with Crippen molar-refractivity contribution in [3.8, 4) is 0 Å². The highest BCUT2D eigenvalue weighted by Crippen LogP contribution is 2.17. The number of carbonyl (C=O) groups excluding carboxylic acids is 2. The fraction of sp³-hybridized carbons (Fsp3) is 0.211. The van der Waals surface area contributed by atoms with Crippen molar-refractivity contribution in [2.45, 2.75) is 26.4 Å². The number of anilines is 1. The molecule has 1 heterocycles. The molecule has 128 valence electrons. The predicted molar refractivity (Wildman–Crippen MR) is 93.3 cm³/mol. The number of ether oxygens (including phenoxy) is 1. The molecule has 3 rings (SSSR count). The van der Waals surface area contributed by atoms with E-state index in [0.717, 1.165) is 5.56 Å². The third-order valence-electron chi connectivity index (χ3n) is 3.76. The maximum atomic E-state index is 12.4. The van der Waals surface area contributed by atoms with E-state index in [9.17, 15) is 9.59 Å². The van der Waals surface area contributed by atoms with Gasteiger partial charge in [0.25, 0.3) is 5.91 Å². The summed E-state index contributed by atoms with van der Waals surface area (Å²) in [4.78, 5) is 28.7. The zero-order valence-corrected chi connectivity index (χ0v) is 14.0. The monoisotopic (exact) mass is 338 g/mol. The number of amides is 1. The molecule has 0 radical (unpaired) electrons. The summed E-state index contributed by atoms with van der Waals surface area (Å²) in [5.74, 6) is -0.930. The normalized spacial score (nSPS) is 11.9. The molecule has 1 aromatic heterocycles. The van der Waals surface area contributed by atoms with E-state index in [0.29, 0.717) is 28.8 Å². The molecular weight excluding hydrogens is 320 g/mol. The molecule has 0 saturated carbocycles. The average molecular weight is 338 g/mol. The number of rotatable bonds is 5. The van der Waals surface area contributed by atoms with E-state index in [2.05, 4.69) is 10.3 Å². The molecule has 0 aliphatic carbocycles. The lowest BCUT2D eigenvalue weighted by atomic mass is 10.2. The first-order chi connectivity index (χ1) is 12.1. The van der Waals surface area contributed by atoms with Crippen molar-refractivity contribution in [2.75, 3.05) is 5.32 Å². The Morgan fingerprint density at radius 2 is 2.08 bits per heavy atom. The van der Waals surface area contributed by atoms with Crippen molar-refractivity contribution in [1.29, 1.82) is 0 Å². The average Bonchev–Trinajstić information content (AvgIpc) is 3.07. The van der Waals surface area contributed by atoms with Crippen LogP contribution >= 0.6 is 0 Å². The second-order valence-corrected chi connectivity index (χ2v) is 5.70. The molecule has 0 saturated heterocycles. The highest BCUT2D eigenvalue weighted by atomic mass is 16.5. The lowest BCUT2D eigenvalue weighted by Crippen LogP contribution is -2.32. The van der Waals surface area contributed by atoms with Crippen LogP contribution in [0.25, 0.3) is 11.1 Å². The van der Waals surface area contributed by atoms with Gasteiger partial charge < -0.3 is 14.5 Å². The van der Waals surface area contributed by atoms with Crippen molar-refractivity contribution in [1.82, 2.24) is 4.98 Å². The number of carbonyl (C=O) groups is 2. The Balaban J connectivity index is 1.69. The molecule has 0 aliphatic heterocycles. The molecular formula is C19H18N2O4. The van der Waals surface area contributed by atoms with Gasteiger partial charge in [-0.3, -0.25) is 4.79 Å². The SMILES string of the molecule is CCC(OC(=O)c1ccc2ocnc2c1)C(=O)Nc1cccc(C)c1. The third-order valence-corrected chi connectivity index (χ3v) is 3.76. The first-order valence-electron chi connectivity index (χ1n) is 7.98. The number of nitrogens with zero attached hydrogens (tertiary/aromatic N) is 1. The summed E-state index contributed by atoms with van der Waals surface area (Å²) < 4.78 is 10.5. The standard InChI is InChI=1S/C19H18N2O4/c1-3-16(18(22)21-14-6-4-5-12(2)9-14)25-19(23)13-7-8-17-15(10-13)20-11-24-17/h4-11,16H,3H2,1-2H3,(H,21,22). The maximum absolute atomic E-state index is 12.4. The predicted octanol–water partition coefficient (Wildman–Crippen LogP) is 3.71. The molecule has 1 amide bonds. The second kappa shape index (κ2) is 7.17. The minimum Gasteiger partial charge on any atom is -0.449 e. The number of aromatic nitrogens is 1. The molecule has 0 aliphatic rings. The quantitative estimate of drug-likeness (QED) is 0.717. The summed E-state index contributed by atoms with van der Waals surface area (Å²) in [5.41, 5.74) is 3.17.